The summed E-state index contributed by atoms with van der Waals surface area (Å²) in [5.74, 6) is 0.0618. The molecule has 0 bridgehead atoms. The summed E-state index contributed by atoms with van der Waals surface area (Å²) >= 11 is 3.41. The SMILES string of the molecule is Cc1cc(S(=O)(=O)N2CCN([C@H](C)C(=O)NC3CCCCC3)CC2)ccc1Br. The molecule has 1 saturated carbocycles. The van der Waals surface area contributed by atoms with Crippen molar-refractivity contribution in [2.45, 2.75) is 62.9 Å². The molecule has 0 aromatic heterocycles. The second-order valence-electron chi connectivity index (χ2n) is 7.87. The van der Waals surface area contributed by atoms with Crippen LogP contribution in [0.5, 0.6) is 0 Å². The van der Waals surface area contributed by atoms with Crippen molar-refractivity contribution in [1.82, 2.24) is 14.5 Å². The summed E-state index contributed by atoms with van der Waals surface area (Å²) in [5, 5.41) is 3.18. The first kappa shape index (κ1) is 21.7. The summed E-state index contributed by atoms with van der Waals surface area (Å²) in [6.07, 6.45) is 5.77. The van der Waals surface area contributed by atoms with E-state index in [2.05, 4.69) is 26.1 Å². The number of sulfonamides is 1. The molecule has 1 heterocycles. The number of hydrogen-bond acceptors (Lipinski definition) is 4. The largest absolute Gasteiger partial charge is 0.352 e. The quantitative estimate of drug-likeness (QED) is 0.716. The van der Waals surface area contributed by atoms with Gasteiger partial charge >= 0.3 is 0 Å². The third-order valence-corrected chi connectivity index (χ3v) is 8.70. The predicted octanol–water partition coefficient (Wildman–Crippen LogP) is 2.90. The topological polar surface area (TPSA) is 69.7 Å². The van der Waals surface area contributed by atoms with Crippen LogP contribution in [0.3, 0.4) is 0 Å². The van der Waals surface area contributed by atoms with Gasteiger partial charge < -0.3 is 5.32 Å². The Hall–Kier alpha value is -0.960. The maximum absolute atomic E-state index is 12.9. The van der Waals surface area contributed by atoms with Gasteiger partial charge in [-0.1, -0.05) is 35.2 Å². The highest BCUT2D eigenvalue weighted by Gasteiger charge is 2.32. The Bertz CT molecular complexity index is 801. The molecule has 6 nitrogen and oxygen atoms in total. The maximum atomic E-state index is 12.9. The minimum Gasteiger partial charge on any atom is -0.352 e. The minimum absolute atomic E-state index is 0.0618. The number of benzene rings is 1. The Labute approximate surface area is 176 Å². The van der Waals surface area contributed by atoms with Gasteiger partial charge in [-0.3, -0.25) is 9.69 Å². The molecule has 2 aliphatic rings. The van der Waals surface area contributed by atoms with Crippen molar-refractivity contribution < 1.29 is 13.2 Å². The van der Waals surface area contributed by atoms with Gasteiger partial charge in [-0.05, 0) is 50.5 Å². The van der Waals surface area contributed by atoms with Crippen LogP contribution < -0.4 is 5.32 Å². The molecule has 1 aromatic rings. The van der Waals surface area contributed by atoms with E-state index in [0.29, 0.717) is 37.1 Å². The standard InChI is InChI=1S/C20H30BrN3O3S/c1-15-14-18(8-9-19(15)21)28(26,27)24-12-10-23(11-13-24)16(2)20(25)22-17-6-4-3-5-7-17/h8-9,14,16-17H,3-7,10-13H2,1-2H3,(H,22,25)/t16-/m1/s1. The van der Waals surface area contributed by atoms with Crippen molar-refractivity contribution in [3.05, 3.63) is 28.2 Å². The fraction of sp³-hybridized carbons (Fsp3) is 0.650. The summed E-state index contributed by atoms with van der Waals surface area (Å²) < 4.78 is 28.3. The second kappa shape index (κ2) is 9.24. The molecule has 1 aromatic carbocycles. The van der Waals surface area contributed by atoms with Crippen molar-refractivity contribution in [3.8, 4) is 0 Å². The average molecular weight is 472 g/mol. The lowest BCUT2D eigenvalue weighted by molar-refractivity contribution is -0.127. The number of halogens is 1. The molecular formula is C20H30BrN3O3S. The van der Waals surface area contributed by atoms with Crippen molar-refractivity contribution in [2.75, 3.05) is 26.2 Å². The Balaban J connectivity index is 1.57. The number of piperazine rings is 1. The Morgan fingerprint density at radius 3 is 2.39 bits per heavy atom. The molecule has 3 rings (SSSR count). The number of hydrogen-bond donors (Lipinski definition) is 1. The molecule has 1 amide bonds. The van der Waals surface area contributed by atoms with Crippen LogP contribution in [0.25, 0.3) is 0 Å². The predicted molar refractivity (Wildman–Crippen MR) is 114 cm³/mol. The highest BCUT2D eigenvalue weighted by Crippen LogP contribution is 2.24. The van der Waals surface area contributed by atoms with E-state index in [4.69, 9.17) is 0 Å². The van der Waals surface area contributed by atoms with Gasteiger partial charge in [0.2, 0.25) is 15.9 Å². The number of aryl methyl sites for hydroxylation is 1. The molecule has 8 heteroatoms. The Morgan fingerprint density at radius 2 is 1.79 bits per heavy atom. The smallest absolute Gasteiger partial charge is 0.243 e. The van der Waals surface area contributed by atoms with Gasteiger partial charge in [0, 0.05) is 36.7 Å². The normalized spacial score (nSPS) is 21.4. The molecular weight excluding hydrogens is 442 g/mol. The van der Waals surface area contributed by atoms with Crippen molar-refractivity contribution in [3.63, 3.8) is 0 Å². The van der Waals surface area contributed by atoms with Crippen LogP contribution in [0, 0.1) is 6.92 Å². The van der Waals surface area contributed by atoms with Crippen molar-refractivity contribution in [2.24, 2.45) is 0 Å². The molecule has 0 radical (unpaired) electrons. The zero-order valence-electron chi connectivity index (χ0n) is 16.7. The summed E-state index contributed by atoms with van der Waals surface area (Å²) in [6, 6.07) is 5.18. The maximum Gasteiger partial charge on any atom is 0.243 e. The zero-order chi connectivity index (χ0) is 20.3. The minimum atomic E-state index is -3.51. The lowest BCUT2D eigenvalue weighted by Crippen LogP contribution is -2.55. The number of carbonyl (C=O) groups is 1. The number of carbonyl (C=O) groups excluding carboxylic acids is 1. The van der Waals surface area contributed by atoms with Crippen LogP contribution in [0.15, 0.2) is 27.6 Å². The fourth-order valence-corrected chi connectivity index (χ4v) is 5.75. The summed E-state index contributed by atoms with van der Waals surface area (Å²) in [5.41, 5.74) is 0.896. The van der Waals surface area contributed by atoms with Gasteiger partial charge in [0.15, 0.2) is 0 Å². The molecule has 28 heavy (non-hydrogen) atoms. The van der Waals surface area contributed by atoms with Gasteiger partial charge in [-0.15, -0.1) is 0 Å². The van der Waals surface area contributed by atoms with E-state index >= 15 is 0 Å². The molecule has 0 spiro atoms. The van der Waals surface area contributed by atoms with Crippen LogP contribution in [0.4, 0.5) is 0 Å². The lowest BCUT2D eigenvalue weighted by atomic mass is 9.95. The van der Waals surface area contributed by atoms with Crippen molar-refractivity contribution in [1.29, 1.82) is 0 Å². The second-order valence-corrected chi connectivity index (χ2v) is 10.7. The molecule has 1 aliphatic heterocycles. The number of rotatable bonds is 5. The summed E-state index contributed by atoms with van der Waals surface area (Å²) in [4.78, 5) is 15.0. The van der Waals surface area contributed by atoms with E-state index in [0.717, 1.165) is 22.9 Å². The van der Waals surface area contributed by atoms with E-state index in [1.807, 2.05) is 13.8 Å². The number of nitrogens with one attached hydrogen (secondary N) is 1. The molecule has 1 saturated heterocycles. The van der Waals surface area contributed by atoms with E-state index in [1.54, 1.807) is 18.2 Å². The van der Waals surface area contributed by atoms with Gasteiger partial charge in [0.05, 0.1) is 10.9 Å². The first-order chi connectivity index (χ1) is 13.3. The third kappa shape index (κ3) is 4.96. The molecule has 156 valence electrons. The van der Waals surface area contributed by atoms with E-state index in [-0.39, 0.29) is 11.9 Å². The third-order valence-electron chi connectivity index (χ3n) is 5.92. The Morgan fingerprint density at radius 1 is 1.14 bits per heavy atom. The van der Waals surface area contributed by atoms with Gasteiger partial charge in [-0.2, -0.15) is 4.31 Å². The lowest BCUT2D eigenvalue weighted by Gasteiger charge is -2.37. The number of nitrogens with zero attached hydrogens (tertiary/aromatic N) is 2. The van der Waals surface area contributed by atoms with Crippen LogP contribution in [-0.4, -0.2) is 61.8 Å². The van der Waals surface area contributed by atoms with E-state index in [9.17, 15) is 13.2 Å². The van der Waals surface area contributed by atoms with Crippen LogP contribution >= 0.6 is 15.9 Å². The molecule has 1 atom stereocenters. The average Bonchev–Trinajstić information content (AvgIpc) is 2.70. The molecule has 1 N–H and O–H groups in total. The van der Waals surface area contributed by atoms with Crippen LogP contribution in [-0.2, 0) is 14.8 Å². The monoisotopic (exact) mass is 471 g/mol. The highest BCUT2D eigenvalue weighted by atomic mass is 79.9. The van der Waals surface area contributed by atoms with E-state index < -0.39 is 10.0 Å². The van der Waals surface area contributed by atoms with Gasteiger partial charge in [-0.25, -0.2) is 8.42 Å². The first-order valence-electron chi connectivity index (χ1n) is 10.1. The first-order valence-corrected chi connectivity index (χ1v) is 12.3. The Kier molecular flexibility index (Phi) is 7.17. The van der Waals surface area contributed by atoms with Crippen molar-refractivity contribution >= 4 is 31.9 Å². The molecule has 2 fully saturated rings. The van der Waals surface area contributed by atoms with Crippen LogP contribution in [0.2, 0.25) is 0 Å². The molecule has 0 unspecified atom stereocenters. The van der Waals surface area contributed by atoms with Gasteiger partial charge in [0.25, 0.3) is 0 Å². The van der Waals surface area contributed by atoms with Crippen LogP contribution in [0.1, 0.15) is 44.6 Å². The van der Waals surface area contributed by atoms with E-state index in [1.165, 1.54) is 23.6 Å². The molecule has 1 aliphatic carbocycles. The summed E-state index contributed by atoms with van der Waals surface area (Å²) in [7, 11) is -3.51. The summed E-state index contributed by atoms with van der Waals surface area (Å²) in [6.45, 7) is 5.73. The highest BCUT2D eigenvalue weighted by molar-refractivity contribution is 9.10. The van der Waals surface area contributed by atoms with Gasteiger partial charge in [0.1, 0.15) is 0 Å². The zero-order valence-corrected chi connectivity index (χ0v) is 19.1. The number of amides is 1. The fourth-order valence-electron chi connectivity index (χ4n) is 3.99.